The van der Waals surface area contributed by atoms with E-state index in [1.807, 2.05) is 13.8 Å². The highest BCUT2D eigenvalue weighted by Crippen LogP contribution is 2.44. The molecule has 1 aliphatic heterocycles. The van der Waals surface area contributed by atoms with E-state index in [2.05, 4.69) is 5.32 Å². The van der Waals surface area contributed by atoms with Crippen LogP contribution < -0.4 is 10.2 Å². The molecule has 7 heteroatoms. The molecule has 0 spiro atoms. The largest absolute Gasteiger partial charge is 0.326 e. The Morgan fingerprint density at radius 1 is 1.26 bits per heavy atom. The van der Waals surface area contributed by atoms with E-state index in [4.69, 9.17) is 0 Å². The molecule has 0 unspecified atom stereocenters. The minimum atomic E-state index is -0.794. The van der Waals surface area contributed by atoms with Gasteiger partial charge < -0.3 is 5.32 Å². The molecule has 0 aliphatic carbocycles. The van der Waals surface area contributed by atoms with Crippen LogP contribution in [-0.4, -0.2) is 17.6 Å². The molecule has 2 amide bonds. The topological polar surface area (TPSA) is 49.4 Å². The number of carbonyl (C=O) groups is 2. The van der Waals surface area contributed by atoms with E-state index in [0.29, 0.717) is 17.7 Å². The van der Waals surface area contributed by atoms with Gasteiger partial charge in [-0.25, -0.2) is 8.78 Å². The Hall–Kier alpha value is -2.41. The fraction of sp³-hybridized carbons (Fsp3) is 0.300. The van der Waals surface area contributed by atoms with Crippen molar-refractivity contribution in [2.45, 2.75) is 25.6 Å². The molecule has 0 saturated carbocycles. The highest BCUT2D eigenvalue weighted by Gasteiger charge is 2.36. The molecule has 27 heavy (non-hydrogen) atoms. The molecule has 1 saturated heterocycles. The number of anilines is 2. The van der Waals surface area contributed by atoms with Gasteiger partial charge in [0.25, 0.3) is 0 Å². The summed E-state index contributed by atoms with van der Waals surface area (Å²) in [5.74, 6) is -1.49. The van der Waals surface area contributed by atoms with Crippen LogP contribution in [0.25, 0.3) is 0 Å². The van der Waals surface area contributed by atoms with Crippen molar-refractivity contribution in [2.75, 3.05) is 16.0 Å². The molecule has 1 heterocycles. The van der Waals surface area contributed by atoms with Crippen LogP contribution in [0.4, 0.5) is 20.2 Å². The van der Waals surface area contributed by atoms with E-state index < -0.39 is 17.0 Å². The van der Waals surface area contributed by atoms with E-state index >= 15 is 0 Å². The van der Waals surface area contributed by atoms with Gasteiger partial charge >= 0.3 is 0 Å². The summed E-state index contributed by atoms with van der Waals surface area (Å²) in [5.41, 5.74) is 1.32. The van der Waals surface area contributed by atoms with Gasteiger partial charge in [-0.2, -0.15) is 0 Å². The molecule has 1 N–H and O–H groups in total. The first-order chi connectivity index (χ1) is 12.9. The molecular weight excluding hydrogens is 370 g/mol. The Morgan fingerprint density at radius 3 is 2.70 bits per heavy atom. The zero-order chi connectivity index (χ0) is 19.6. The lowest BCUT2D eigenvalue weighted by Gasteiger charge is -2.26. The summed E-state index contributed by atoms with van der Waals surface area (Å²) in [6.45, 7) is 3.91. The first-order valence-corrected chi connectivity index (χ1v) is 9.69. The van der Waals surface area contributed by atoms with Crippen molar-refractivity contribution in [3.8, 4) is 0 Å². The second kappa shape index (κ2) is 8.08. The Bertz CT molecular complexity index is 873. The molecule has 1 fully saturated rings. The minimum Gasteiger partial charge on any atom is -0.326 e. The summed E-state index contributed by atoms with van der Waals surface area (Å²) < 4.78 is 27.6. The highest BCUT2D eigenvalue weighted by atomic mass is 32.2. The maximum atomic E-state index is 14.3. The zero-order valence-electron chi connectivity index (χ0n) is 15.0. The van der Waals surface area contributed by atoms with Crippen molar-refractivity contribution in [3.63, 3.8) is 0 Å². The molecule has 0 radical (unpaired) electrons. The number of carbonyl (C=O) groups excluding carboxylic acids is 2. The lowest BCUT2D eigenvalue weighted by molar-refractivity contribution is -0.117. The predicted octanol–water partition coefficient (Wildman–Crippen LogP) is 4.73. The molecule has 142 valence electrons. The van der Waals surface area contributed by atoms with Crippen LogP contribution >= 0.6 is 11.8 Å². The number of halogens is 2. The smallest absolute Gasteiger partial charge is 0.238 e. The minimum absolute atomic E-state index is 0.0275. The predicted molar refractivity (Wildman–Crippen MR) is 104 cm³/mol. The Kier molecular flexibility index (Phi) is 5.79. The van der Waals surface area contributed by atoms with Crippen molar-refractivity contribution in [1.29, 1.82) is 0 Å². The van der Waals surface area contributed by atoms with Crippen LogP contribution in [0.3, 0.4) is 0 Å². The molecular formula is C20H20F2N2O2S. The number of hydrogen-bond donors (Lipinski definition) is 1. The van der Waals surface area contributed by atoms with Crippen LogP contribution in [0.1, 0.15) is 31.2 Å². The molecule has 0 aromatic heterocycles. The third kappa shape index (κ3) is 4.30. The van der Waals surface area contributed by atoms with Gasteiger partial charge in [0, 0.05) is 23.7 Å². The van der Waals surface area contributed by atoms with Gasteiger partial charge in [-0.15, -0.1) is 11.8 Å². The van der Waals surface area contributed by atoms with Crippen LogP contribution in [0, 0.1) is 17.6 Å². The van der Waals surface area contributed by atoms with Crippen LogP contribution in [-0.2, 0) is 9.59 Å². The number of thioether (sulfide) groups is 1. The first-order valence-electron chi connectivity index (χ1n) is 8.64. The third-order valence-electron chi connectivity index (χ3n) is 4.13. The molecule has 2 aromatic rings. The van der Waals surface area contributed by atoms with Crippen LogP contribution in [0.5, 0.6) is 0 Å². The maximum Gasteiger partial charge on any atom is 0.238 e. The standard InChI is InChI=1S/C20H20F2N2O2S/c1-12(2)9-18(25)23-16-6-4-3-5-14(16)20-24(19(26)11-27-20)17-8-7-13(21)10-15(17)22/h3-8,10,12,20H,9,11H2,1-2H3,(H,23,25)/t20-/m0/s1. The van der Waals surface area contributed by atoms with Gasteiger partial charge in [-0.3, -0.25) is 14.5 Å². The molecule has 4 nitrogen and oxygen atoms in total. The van der Waals surface area contributed by atoms with E-state index in [0.717, 1.165) is 12.1 Å². The quantitative estimate of drug-likeness (QED) is 0.803. The van der Waals surface area contributed by atoms with Gasteiger partial charge in [0.05, 0.1) is 11.4 Å². The average molecular weight is 390 g/mol. The van der Waals surface area contributed by atoms with E-state index in [9.17, 15) is 18.4 Å². The summed E-state index contributed by atoms with van der Waals surface area (Å²) in [5, 5.41) is 2.38. The fourth-order valence-electron chi connectivity index (χ4n) is 2.99. The Morgan fingerprint density at radius 2 is 2.00 bits per heavy atom. The van der Waals surface area contributed by atoms with Crippen LogP contribution in [0.2, 0.25) is 0 Å². The number of amides is 2. The van der Waals surface area contributed by atoms with Gasteiger partial charge in [0.1, 0.15) is 17.0 Å². The van der Waals surface area contributed by atoms with E-state index in [1.54, 1.807) is 24.3 Å². The number of hydrogen-bond acceptors (Lipinski definition) is 3. The molecule has 1 atom stereocenters. The van der Waals surface area contributed by atoms with Gasteiger partial charge in [-0.1, -0.05) is 32.0 Å². The SMILES string of the molecule is CC(C)CC(=O)Nc1ccccc1[C@@H]1SCC(=O)N1c1ccc(F)cc1F. The van der Waals surface area contributed by atoms with Crippen molar-refractivity contribution in [1.82, 2.24) is 0 Å². The highest BCUT2D eigenvalue weighted by molar-refractivity contribution is 8.00. The summed E-state index contributed by atoms with van der Waals surface area (Å²) in [6.07, 6.45) is 0.376. The van der Waals surface area contributed by atoms with Crippen molar-refractivity contribution < 1.29 is 18.4 Å². The lowest BCUT2D eigenvalue weighted by Crippen LogP contribution is -2.29. The number of rotatable bonds is 5. The molecule has 1 aliphatic rings. The van der Waals surface area contributed by atoms with Gasteiger partial charge in [-0.05, 0) is 24.1 Å². The summed E-state index contributed by atoms with van der Waals surface area (Å²) in [7, 11) is 0. The van der Waals surface area contributed by atoms with Crippen molar-refractivity contribution in [2.24, 2.45) is 5.92 Å². The Labute approximate surface area is 160 Å². The molecule has 0 bridgehead atoms. The summed E-state index contributed by atoms with van der Waals surface area (Å²) >= 11 is 1.34. The normalized spacial score (nSPS) is 16.9. The second-order valence-electron chi connectivity index (χ2n) is 6.76. The van der Waals surface area contributed by atoms with Crippen molar-refractivity contribution in [3.05, 3.63) is 59.7 Å². The number of nitrogens with zero attached hydrogens (tertiary/aromatic N) is 1. The summed E-state index contributed by atoms with van der Waals surface area (Å²) in [6, 6.07) is 10.3. The zero-order valence-corrected chi connectivity index (χ0v) is 15.9. The molecule has 3 rings (SSSR count). The average Bonchev–Trinajstić information content (AvgIpc) is 2.96. The fourth-order valence-corrected chi connectivity index (χ4v) is 4.19. The number of benzene rings is 2. The van der Waals surface area contributed by atoms with E-state index in [1.165, 1.54) is 22.7 Å². The third-order valence-corrected chi connectivity index (χ3v) is 5.33. The summed E-state index contributed by atoms with van der Waals surface area (Å²) in [4.78, 5) is 26.0. The van der Waals surface area contributed by atoms with E-state index in [-0.39, 0.29) is 29.2 Å². The van der Waals surface area contributed by atoms with Crippen molar-refractivity contribution >= 4 is 35.0 Å². The molecule has 2 aromatic carbocycles. The first kappa shape index (κ1) is 19.4. The van der Waals surface area contributed by atoms with Gasteiger partial charge in [0.2, 0.25) is 11.8 Å². The number of nitrogens with one attached hydrogen (secondary N) is 1. The van der Waals surface area contributed by atoms with Gasteiger partial charge in [0.15, 0.2) is 0 Å². The second-order valence-corrected chi connectivity index (χ2v) is 7.82. The number of para-hydroxylation sites is 1. The monoisotopic (exact) mass is 390 g/mol. The Balaban J connectivity index is 1.95. The maximum absolute atomic E-state index is 14.3. The lowest BCUT2D eigenvalue weighted by atomic mass is 10.1. The van der Waals surface area contributed by atoms with Crippen LogP contribution in [0.15, 0.2) is 42.5 Å².